The van der Waals surface area contributed by atoms with Crippen LogP contribution < -0.4 is 5.32 Å². The zero-order valence-corrected chi connectivity index (χ0v) is 12.3. The molecule has 1 fully saturated rings. The Morgan fingerprint density at radius 3 is 2.89 bits per heavy atom. The Kier molecular flexibility index (Phi) is 9.36. The van der Waals surface area contributed by atoms with Gasteiger partial charge in [-0.05, 0) is 13.3 Å². The number of methoxy groups -OCH3 is 1. The first-order valence-corrected chi connectivity index (χ1v) is 6.29. The number of amides is 1. The van der Waals surface area contributed by atoms with Gasteiger partial charge in [0.15, 0.2) is 0 Å². The van der Waals surface area contributed by atoms with Gasteiger partial charge < -0.3 is 19.7 Å². The zero-order chi connectivity index (χ0) is 12.7. The Hall–Kier alpha value is -0.360. The predicted molar refractivity (Wildman–Crippen MR) is 73.2 cm³/mol. The lowest BCUT2D eigenvalue weighted by atomic mass is 10.1. The van der Waals surface area contributed by atoms with Gasteiger partial charge in [0.25, 0.3) is 0 Å². The van der Waals surface area contributed by atoms with E-state index < -0.39 is 0 Å². The number of carbonyl (C=O) groups excluding carboxylic acids is 1. The lowest BCUT2D eigenvalue weighted by molar-refractivity contribution is -0.143. The van der Waals surface area contributed by atoms with Crippen LogP contribution in [0.4, 0.5) is 0 Å². The maximum atomic E-state index is 12.0. The number of nitrogens with one attached hydrogen (secondary N) is 1. The number of nitrogens with zero attached hydrogens (tertiary/aromatic N) is 1. The molecule has 0 radical (unpaired) electrons. The summed E-state index contributed by atoms with van der Waals surface area (Å²) < 4.78 is 10.5. The van der Waals surface area contributed by atoms with Crippen LogP contribution in [0.25, 0.3) is 0 Å². The lowest BCUT2D eigenvalue weighted by Gasteiger charge is -2.38. The number of hydrogen-bond donors (Lipinski definition) is 1. The highest BCUT2D eigenvalue weighted by atomic mass is 35.5. The second-order valence-corrected chi connectivity index (χ2v) is 4.42. The Morgan fingerprint density at radius 2 is 2.28 bits per heavy atom. The number of rotatable bonds is 6. The van der Waals surface area contributed by atoms with Crippen molar-refractivity contribution in [2.45, 2.75) is 32.4 Å². The SMILES string of the molecule is CCC1COC(C)CN1C(=O)CNCCOC.Cl. The molecule has 0 saturated carbocycles. The molecule has 0 spiro atoms. The van der Waals surface area contributed by atoms with Gasteiger partial charge in [0.1, 0.15) is 0 Å². The van der Waals surface area contributed by atoms with E-state index in [4.69, 9.17) is 9.47 Å². The first-order chi connectivity index (χ1) is 8.19. The van der Waals surface area contributed by atoms with E-state index in [9.17, 15) is 4.79 Å². The lowest BCUT2D eigenvalue weighted by Crippen LogP contribution is -2.53. The van der Waals surface area contributed by atoms with Crippen LogP contribution >= 0.6 is 12.4 Å². The summed E-state index contributed by atoms with van der Waals surface area (Å²) in [7, 11) is 1.65. The summed E-state index contributed by atoms with van der Waals surface area (Å²) in [6.45, 7) is 7.16. The molecule has 1 N–H and O–H groups in total. The average Bonchev–Trinajstić information content (AvgIpc) is 2.34. The summed E-state index contributed by atoms with van der Waals surface area (Å²) in [6, 6.07) is 0.225. The van der Waals surface area contributed by atoms with Gasteiger partial charge in [-0.25, -0.2) is 0 Å². The fourth-order valence-electron chi connectivity index (χ4n) is 1.96. The minimum atomic E-state index is 0. The largest absolute Gasteiger partial charge is 0.383 e. The standard InChI is InChI=1S/C12H24N2O3.ClH/c1-4-11-9-17-10(2)8-14(11)12(15)7-13-5-6-16-3;/h10-11,13H,4-9H2,1-3H3;1H. The molecule has 2 atom stereocenters. The fraction of sp³-hybridized carbons (Fsp3) is 0.917. The van der Waals surface area contributed by atoms with E-state index in [1.54, 1.807) is 7.11 Å². The number of hydrogen-bond acceptors (Lipinski definition) is 4. The molecule has 18 heavy (non-hydrogen) atoms. The molecule has 0 aromatic heterocycles. The summed E-state index contributed by atoms with van der Waals surface area (Å²) in [5, 5.41) is 3.09. The predicted octanol–water partition coefficient (Wildman–Crippen LogP) is 0.670. The van der Waals surface area contributed by atoms with E-state index in [-0.39, 0.29) is 30.5 Å². The Balaban J connectivity index is 0.00000289. The van der Waals surface area contributed by atoms with Crippen molar-refractivity contribution in [1.82, 2.24) is 10.2 Å². The molecule has 0 aromatic rings. The highest BCUT2D eigenvalue weighted by molar-refractivity contribution is 5.85. The molecule has 2 unspecified atom stereocenters. The highest BCUT2D eigenvalue weighted by Gasteiger charge is 2.28. The van der Waals surface area contributed by atoms with Gasteiger partial charge in [0.05, 0.1) is 31.9 Å². The summed E-state index contributed by atoms with van der Waals surface area (Å²) in [6.07, 6.45) is 1.08. The van der Waals surface area contributed by atoms with E-state index in [1.807, 2.05) is 11.8 Å². The van der Waals surface area contributed by atoms with Gasteiger partial charge >= 0.3 is 0 Å². The topological polar surface area (TPSA) is 50.8 Å². The number of morpholine rings is 1. The molecule has 1 saturated heterocycles. The van der Waals surface area contributed by atoms with Gasteiger partial charge in [-0.15, -0.1) is 12.4 Å². The third-order valence-electron chi connectivity index (χ3n) is 3.02. The molecule has 108 valence electrons. The molecule has 1 aliphatic rings. The molecule has 6 heteroatoms. The van der Waals surface area contributed by atoms with Crippen molar-refractivity contribution in [1.29, 1.82) is 0 Å². The second kappa shape index (κ2) is 9.55. The molecule has 1 heterocycles. The minimum absolute atomic E-state index is 0. The van der Waals surface area contributed by atoms with Crippen LogP contribution in [0.15, 0.2) is 0 Å². The van der Waals surface area contributed by atoms with Crippen molar-refractivity contribution < 1.29 is 14.3 Å². The van der Waals surface area contributed by atoms with Gasteiger partial charge in [-0.2, -0.15) is 0 Å². The van der Waals surface area contributed by atoms with E-state index in [2.05, 4.69) is 12.2 Å². The van der Waals surface area contributed by atoms with Crippen LogP contribution in [0, 0.1) is 0 Å². The van der Waals surface area contributed by atoms with E-state index in [0.29, 0.717) is 32.8 Å². The normalized spacial score (nSPS) is 23.6. The van der Waals surface area contributed by atoms with Crippen molar-refractivity contribution in [3.8, 4) is 0 Å². The molecule has 0 bridgehead atoms. The van der Waals surface area contributed by atoms with Crippen molar-refractivity contribution >= 4 is 18.3 Å². The van der Waals surface area contributed by atoms with Crippen LogP contribution in [-0.2, 0) is 14.3 Å². The average molecular weight is 281 g/mol. The molecule has 5 nitrogen and oxygen atoms in total. The molecule has 0 aromatic carbocycles. The van der Waals surface area contributed by atoms with Crippen molar-refractivity contribution in [2.75, 3.05) is 40.0 Å². The Morgan fingerprint density at radius 1 is 1.56 bits per heavy atom. The number of carbonyl (C=O) groups is 1. The van der Waals surface area contributed by atoms with Crippen LogP contribution in [0.3, 0.4) is 0 Å². The maximum absolute atomic E-state index is 12.0. The van der Waals surface area contributed by atoms with Gasteiger partial charge in [-0.1, -0.05) is 6.92 Å². The molecular formula is C12H25ClN2O3. The van der Waals surface area contributed by atoms with Crippen molar-refractivity contribution in [2.24, 2.45) is 0 Å². The molecular weight excluding hydrogens is 256 g/mol. The summed E-state index contributed by atoms with van der Waals surface area (Å²) in [4.78, 5) is 14.0. The smallest absolute Gasteiger partial charge is 0.236 e. The van der Waals surface area contributed by atoms with E-state index >= 15 is 0 Å². The van der Waals surface area contributed by atoms with Crippen LogP contribution in [0.5, 0.6) is 0 Å². The monoisotopic (exact) mass is 280 g/mol. The molecule has 1 aliphatic heterocycles. The molecule has 0 aliphatic carbocycles. The number of ether oxygens (including phenoxy) is 2. The summed E-state index contributed by atoms with van der Waals surface area (Å²) >= 11 is 0. The third kappa shape index (κ3) is 5.52. The number of halogens is 1. The summed E-state index contributed by atoms with van der Waals surface area (Å²) in [5.74, 6) is 0.156. The quantitative estimate of drug-likeness (QED) is 0.727. The zero-order valence-electron chi connectivity index (χ0n) is 11.5. The highest BCUT2D eigenvalue weighted by Crippen LogP contribution is 2.14. The Labute approximate surface area is 116 Å². The van der Waals surface area contributed by atoms with Crippen LogP contribution in [0.2, 0.25) is 0 Å². The molecule has 1 rings (SSSR count). The van der Waals surface area contributed by atoms with Crippen molar-refractivity contribution in [3.63, 3.8) is 0 Å². The first-order valence-electron chi connectivity index (χ1n) is 6.29. The molecule has 1 amide bonds. The fourth-order valence-corrected chi connectivity index (χ4v) is 1.96. The minimum Gasteiger partial charge on any atom is -0.383 e. The van der Waals surface area contributed by atoms with Gasteiger partial charge in [0, 0.05) is 20.2 Å². The Bertz CT molecular complexity index is 241. The summed E-state index contributed by atoms with van der Waals surface area (Å²) in [5.41, 5.74) is 0. The van der Waals surface area contributed by atoms with Crippen LogP contribution in [-0.4, -0.2) is 62.9 Å². The van der Waals surface area contributed by atoms with Crippen molar-refractivity contribution in [3.05, 3.63) is 0 Å². The second-order valence-electron chi connectivity index (χ2n) is 4.42. The van der Waals surface area contributed by atoms with Crippen LogP contribution in [0.1, 0.15) is 20.3 Å². The van der Waals surface area contributed by atoms with Gasteiger partial charge in [0.2, 0.25) is 5.91 Å². The first kappa shape index (κ1) is 17.6. The van der Waals surface area contributed by atoms with E-state index in [0.717, 1.165) is 6.42 Å². The van der Waals surface area contributed by atoms with Gasteiger partial charge in [-0.3, -0.25) is 4.79 Å². The third-order valence-corrected chi connectivity index (χ3v) is 3.02. The maximum Gasteiger partial charge on any atom is 0.236 e. The van der Waals surface area contributed by atoms with E-state index in [1.165, 1.54) is 0 Å².